The Morgan fingerprint density at radius 1 is 1.00 bits per heavy atom. The summed E-state index contributed by atoms with van der Waals surface area (Å²) >= 11 is 0. The first-order chi connectivity index (χ1) is 12.1. The molecule has 0 bridgehead atoms. The van der Waals surface area contributed by atoms with Crippen molar-refractivity contribution in [1.29, 1.82) is 0 Å². The van der Waals surface area contributed by atoms with Crippen LogP contribution in [0.1, 0.15) is 55.7 Å². The zero-order valence-corrected chi connectivity index (χ0v) is 15.0. The zero-order valence-electron chi connectivity index (χ0n) is 15.0. The molecule has 1 aliphatic carbocycles. The van der Waals surface area contributed by atoms with E-state index in [1.165, 1.54) is 43.2 Å². The average molecular weight is 334 g/mol. The van der Waals surface area contributed by atoms with Crippen molar-refractivity contribution in [2.75, 3.05) is 0 Å². The molecule has 0 heterocycles. The van der Waals surface area contributed by atoms with Gasteiger partial charge in [-0.1, -0.05) is 80.4 Å². The van der Waals surface area contributed by atoms with Gasteiger partial charge in [0.1, 0.15) is 6.61 Å². The van der Waals surface area contributed by atoms with Crippen molar-refractivity contribution in [2.24, 2.45) is 0 Å². The predicted molar refractivity (Wildman–Crippen MR) is 101 cm³/mol. The van der Waals surface area contributed by atoms with Gasteiger partial charge >= 0.3 is 5.97 Å². The third-order valence-electron chi connectivity index (χ3n) is 5.23. The summed E-state index contributed by atoms with van der Waals surface area (Å²) in [6.45, 7) is 5.60. The molecular formula is C23H26O2. The highest BCUT2D eigenvalue weighted by atomic mass is 16.5. The summed E-state index contributed by atoms with van der Waals surface area (Å²) in [7, 11) is 0. The predicted octanol–water partition coefficient (Wildman–Crippen LogP) is 5.56. The topological polar surface area (TPSA) is 26.3 Å². The van der Waals surface area contributed by atoms with E-state index >= 15 is 0 Å². The maximum Gasteiger partial charge on any atom is 0.333 e. The molecule has 0 N–H and O–H groups in total. The van der Waals surface area contributed by atoms with Crippen molar-refractivity contribution in [3.63, 3.8) is 0 Å². The molecule has 0 atom stereocenters. The van der Waals surface area contributed by atoms with E-state index in [0.717, 1.165) is 5.56 Å². The number of carbonyl (C=O) groups is 1. The van der Waals surface area contributed by atoms with Crippen molar-refractivity contribution in [3.05, 3.63) is 83.4 Å². The maximum absolute atomic E-state index is 11.7. The first-order valence-corrected chi connectivity index (χ1v) is 9.09. The lowest BCUT2D eigenvalue weighted by molar-refractivity contribution is -0.140. The van der Waals surface area contributed by atoms with Crippen LogP contribution in [0.25, 0.3) is 0 Å². The molecular weight excluding hydrogens is 308 g/mol. The number of hydrogen-bond donors (Lipinski definition) is 0. The molecule has 0 aromatic heterocycles. The van der Waals surface area contributed by atoms with E-state index < -0.39 is 0 Å². The minimum Gasteiger partial charge on any atom is -0.457 e. The summed E-state index contributed by atoms with van der Waals surface area (Å²) in [6.07, 6.45) is 6.16. The second kappa shape index (κ2) is 7.69. The molecule has 1 saturated carbocycles. The fourth-order valence-corrected chi connectivity index (χ4v) is 3.89. The minimum absolute atomic E-state index is 0.0773. The summed E-state index contributed by atoms with van der Waals surface area (Å²) in [6, 6.07) is 19.4. The number of rotatable bonds is 5. The molecule has 1 fully saturated rings. The fourth-order valence-electron chi connectivity index (χ4n) is 3.89. The Balaban J connectivity index is 1.91. The average Bonchev–Trinajstić information content (AvgIpc) is 2.67. The molecule has 2 aromatic rings. The molecule has 2 aromatic carbocycles. The fraction of sp³-hybridized carbons (Fsp3) is 0.348. The van der Waals surface area contributed by atoms with Gasteiger partial charge in [-0.15, -0.1) is 0 Å². The Bertz CT molecular complexity index is 740. The Labute approximate surface area is 150 Å². The van der Waals surface area contributed by atoms with Crippen molar-refractivity contribution in [1.82, 2.24) is 0 Å². The Morgan fingerprint density at radius 2 is 1.68 bits per heavy atom. The second-order valence-electron chi connectivity index (χ2n) is 7.07. The van der Waals surface area contributed by atoms with E-state index in [2.05, 4.69) is 55.1 Å². The first kappa shape index (κ1) is 17.5. The van der Waals surface area contributed by atoms with E-state index in [0.29, 0.717) is 12.2 Å². The smallest absolute Gasteiger partial charge is 0.333 e. The molecule has 0 aliphatic heterocycles. The van der Waals surface area contributed by atoms with Crippen LogP contribution in [-0.4, -0.2) is 5.97 Å². The first-order valence-electron chi connectivity index (χ1n) is 9.09. The van der Waals surface area contributed by atoms with Crippen molar-refractivity contribution < 1.29 is 9.53 Å². The van der Waals surface area contributed by atoms with Gasteiger partial charge < -0.3 is 4.74 Å². The van der Waals surface area contributed by atoms with Crippen LogP contribution in [0, 0.1) is 0 Å². The maximum atomic E-state index is 11.7. The quantitative estimate of drug-likeness (QED) is 0.529. The summed E-state index contributed by atoms with van der Waals surface area (Å²) in [5, 5.41) is 0. The lowest BCUT2D eigenvalue weighted by Crippen LogP contribution is -2.30. The summed E-state index contributed by atoms with van der Waals surface area (Å²) < 4.78 is 5.33. The highest BCUT2D eigenvalue weighted by molar-refractivity contribution is 5.86. The molecule has 0 amide bonds. The standard InChI is InChI=1S/C23H26O2/c1-18(2)22(24)25-17-19-10-9-13-21(16-19)23(14-7-4-8-15-23)20-11-5-3-6-12-20/h3,5-6,9-13,16H,1,4,7-8,14-15,17H2,2H3. The largest absolute Gasteiger partial charge is 0.457 e. The van der Waals surface area contributed by atoms with E-state index in [1.54, 1.807) is 6.92 Å². The van der Waals surface area contributed by atoms with Gasteiger partial charge in [0.05, 0.1) is 0 Å². The van der Waals surface area contributed by atoms with Gasteiger partial charge in [-0.2, -0.15) is 0 Å². The monoisotopic (exact) mass is 334 g/mol. The number of carbonyl (C=O) groups excluding carboxylic acids is 1. The van der Waals surface area contributed by atoms with Gasteiger partial charge in [0, 0.05) is 11.0 Å². The van der Waals surface area contributed by atoms with Gasteiger partial charge in [-0.25, -0.2) is 4.79 Å². The van der Waals surface area contributed by atoms with Crippen LogP contribution in [0.5, 0.6) is 0 Å². The van der Waals surface area contributed by atoms with Gasteiger partial charge in [0.15, 0.2) is 0 Å². The number of esters is 1. The molecule has 2 heteroatoms. The third kappa shape index (κ3) is 3.84. The number of ether oxygens (including phenoxy) is 1. The van der Waals surface area contributed by atoms with Crippen molar-refractivity contribution in [2.45, 2.75) is 51.0 Å². The lowest BCUT2D eigenvalue weighted by Gasteiger charge is -2.39. The minimum atomic E-state index is -0.333. The SMILES string of the molecule is C=C(C)C(=O)OCc1cccc(C2(c3ccccc3)CCCCC2)c1. The van der Waals surface area contributed by atoms with Crippen LogP contribution in [0.15, 0.2) is 66.7 Å². The Hall–Kier alpha value is -2.35. The highest BCUT2D eigenvalue weighted by Crippen LogP contribution is 2.44. The number of hydrogen-bond acceptors (Lipinski definition) is 2. The molecule has 0 saturated heterocycles. The van der Waals surface area contributed by atoms with Crippen LogP contribution in [0.3, 0.4) is 0 Å². The lowest BCUT2D eigenvalue weighted by atomic mass is 9.65. The van der Waals surface area contributed by atoms with Crippen LogP contribution in [0.2, 0.25) is 0 Å². The molecule has 130 valence electrons. The van der Waals surface area contributed by atoms with Gasteiger partial charge in [-0.05, 0) is 36.5 Å². The third-order valence-corrected chi connectivity index (χ3v) is 5.23. The summed E-state index contributed by atoms with van der Waals surface area (Å²) in [5.41, 5.74) is 4.28. The van der Waals surface area contributed by atoms with E-state index in [4.69, 9.17) is 4.74 Å². The molecule has 0 spiro atoms. The number of benzene rings is 2. The van der Waals surface area contributed by atoms with Gasteiger partial charge in [0.25, 0.3) is 0 Å². The molecule has 1 aliphatic rings. The van der Waals surface area contributed by atoms with E-state index in [9.17, 15) is 4.79 Å². The normalized spacial score (nSPS) is 16.2. The van der Waals surface area contributed by atoms with Gasteiger partial charge in [0.2, 0.25) is 0 Å². The zero-order chi connectivity index (χ0) is 17.7. The van der Waals surface area contributed by atoms with Crippen LogP contribution in [-0.2, 0) is 21.6 Å². The van der Waals surface area contributed by atoms with Gasteiger partial charge in [-0.3, -0.25) is 0 Å². The summed E-state index contributed by atoms with van der Waals surface area (Å²) in [4.78, 5) is 11.7. The summed E-state index contributed by atoms with van der Waals surface area (Å²) in [5.74, 6) is -0.333. The van der Waals surface area contributed by atoms with Crippen molar-refractivity contribution >= 4 is 5.97 Å². The molecule has 3 rings (SSSR count). The van der Waals surface area contributed by atoms with Crippen molar-refractivity contribution in [3.8, 4) is 0 Å². The molecule has 0 radical (unpaired) electrons. The molecule has 25 heavy (non-hydrogen) atoms. The molecule has 0 unspecified atom stereocenters. The van der Waals surface area contributed by atoms with E-state index in [-0.39, 0.29) is 11.4 Å². The van der Waals surface area contributed by atoms with Crippen LogP contribution >= 0.6 is 0 Å². The van der Waals surface area contributed by atoms with E-state index in [1.807, 2.05) is 6.07 Å². The molecule has 2 nitrogen and oxygen atoms in total. The Kier molecular flexibility index (Phi) is 5.37. The van der Waals surface area contributed by atoms with Crippen LogP contribution < -0.4 is 0 Å². The Morgan fingerprint density at radius 3 is 2.36 bits per heavy atom. The van der Waals surface area contributed by atoms with Crippen LogP contribution in [0.4, 0.5) is 0 Å². The highest BCUT2D eigenvalue weighted by Gasteiger charge is 2.35. The second-order valence-corrected chi connectivity index (χ2v) is 7.07.